The molecule has 0 radical (unpaired) electrons. The third-order valence-electron chi connectivity index (χ3n) is 3.61. The van der Waals surface area contributed by atoms with Crippen molar-refractivity contribution in [1.29, 1.82) is 0 Å². The van der Waals surface area contributed by atoms with Gasteiger partial charge in [0.05, 0.1) is 0 Å². The van der Waals surface area contributed by atoms with E-state index in [1.165, 1.54) is 5.56 Å². The fourth-order valence-electron chi connectivity index (χ4n) is 2.53. The molecule has 5 heteroatoms. The summed E-state index contributed by atoms with van der Waals surface area (Å²) in [7, 11) is 0. The largest absolute Gasteiger partial charge is 0.314 e. The van der Waals surface area contributed by atoms with Gasteiger partial charge in [-0.3, -0.25) is 0 Å². The Hall–Kier alpha value is -1.46. The van der Waals surface area contributed by atoms with Crippen molar-refractivity contribution in [2.24, 2.45) is 0 Å². The number of aromatic nitrogens is 3. The van der Waals surface area contributed by atoms with E-state index in [9.17, 15) is 0 Å². The van der Waals surface area contributed by atoms with Crippen molar-refractivity contribution in [3.8, 4) is 0 Å². The van der Waals surface area contributed by atoms with Crippen molar-refractivity contribution in [2.75, 3.05) is 32.7 Å². The summed E-state index contributed by atoms with van der Waals surface area (Å²) in [6.45, 7) is 7.79. The molecule has 0 bridgehead atoms. The first kappa shape index (κ1) is 12.6. The summed E-state index contributed by atoms with van der Waals surface area (Å²) in [5, 5.41) is 7.91. The molecule has 0 amide bonds. The van der Waals surface area contributed by atoms with Gasteiger partial charge in [0.2, 0.25) is 0 Å². The highest BCUT2D eigenvalue weighted by Crippen LogP contribution is 2.06. The predicted octanol–water partition coefficient (Wildman–Crippen LogP) is 0.876. The molecule has 0 spiro atoms. The molecule has 1 fully saturated rings. The molecule has 1 N–H and O–H groups in total. The molecule has 1 aliphatic heterocycles. The zero-order valence-electron chi connectivity index (χ0n) is 11.5. The van der Waals surface area contributed by atoms with Crippen LogP contribution in [0.3, 0.4) is 0 Å². The smallest absolute Gasteiger partial charge is 0.155 e. The SMILES string of the molecule is Cc1ccc2nc(CCCN3CCNCC3)nn2c1. The maximum atomic E-state index is 4.56. The Morgan fingerprint density at radius 3 is 2.95 bits per heavy atom. The minimum absolute atomic E-state index is 0.947. The number of hydrogen-bond donors (Lipinski definition) is 1. The molecule has 2 aromatic rings. The van der Waals surface area contributed by atoms with Gasteiger partial charge in [-0.1, -0.05) is 6.07 Å². The molecule has 0 atom stereocenters. The molecule has 3 rings (SSSR count). The van der Waals surface area contributed by atoms with Crippen LogP contribution in [0.4, 0.5) is 0 Å². The first-order valence-corrected chi connectivity index (χ1v) is 7.06. The molecule has 0 unspecified atom stereocenters. The molecule has 3 heterocycles. The molecule has 0 aliphatic carbocycles. The van der Waals surface area contributed by atoms with Crippen LogP contribution in [-0.2, 0) is 6.42 Å². The second kappa shape index (κ2) is 5.67. The Labute approximate surface area is 113 Å². The summed E-state index contributed by atoms with van der Waals surface area (Å²) in [4.78, 5) is 7.07. The number of pyridine rings is 1. The van der Waals surface area contributed by atoms with Gasteiger partial charge in [0.1, 0.15) is 0 Å². The van der Waals surface area contributed by atoms with Crippen LogP contribution in [0.1, 0.15) is 17.8 Å². The van der Waals surface area contributed by atoms with Crippen molar-refractivity contribution in [3.63, 3.8) is 0 Å². The van der Waals surface area contributed by atoms with Gasteiger partial charge in [0.15, 0.2) is 11.5 Å². The maximum absolute atomic E-state index is 4.56. The van der Waals surface area contributed by atoms with E-state index < -0.39 is 0 Å². The van der Waals surface area contributed by atoms with Crippen LogP contribution in [0, 0.1) is 6.92 Å². The maximum Gasteiger partial charge on any atom is 0.155 e. The van der Waals surface area contributed by atoms with Crippen LogP contribution in [-0.4, -0.2) is 52.2 Å². The molecule has 1 aliphatic rings. The molecule has 5 nitrogen and oxygen atoms in total. The number of nitrogens with zero attached hydrogens (tertiary/aromatic N) is 4. The second-order valence-corrected chi connectivity index (χ2v) is 5.23. The van der Waals surface area contributed by atoms with Gasteiger partial charge < -0.3 is 10.2 Å². The molecule has 2 aromatic heterocycles. The summed E-state index contributed by atoms with van der Waals surface area (Å²) in [5.41, 5.74) is 2.16. The minimum Gasteiger partial charge on any atom is -0.314 e. The number of rotatable bonds is 4. The normalized spacial score (nSPS) is 17.1. The topological polar surface area (TPSA) is 45.5 Å². The van der Waals surface area contributed by atoms with Gasteiger partial charge in [0, 0.05) is 38.8 Å². The average molecular weight is 259 g/mol. The summed E-state index contributed by atoms with van der Waals surface area (Å²) in [5.74, 6) is 0.959. The van der Waals surface area contributed by atoms with Crippen LogP contribution in [0.2, 0.25) is 0 Å². The monoisotopic (exact) mass is 259 g/mol. The van der Waals surface area contributed by atoms with Crippen LogP contribution >= 0.6 is 0 Å². The van der Waals surface area contributed by atoms with Crippen LogP contribution in [0.25, 0.3) is 5.65 Å². The number of nitrogens with one attached hydrogen (secondary N) is 1. The number of fused-ring (bicyclic) bond motifs is 1. The van der Waals surface area contributed by atoms with Gasteiger partial charge in [-0.25, -0.2) is 9.50 Å². The van der Waals surface area contributed by atoms with Crippen molar-refractivity contribution in [1.82, 2.24) is 24.8 Å². The molecular formula is C14H21N5. The van der Waals surface area contributed by atoms with Crippen molar-refractivity contribution >= 4 is 5.65 Å². The molecular weight excluding hydrogens is 238 g/mol. The summed E-state index contributed by atoms with van der Waals surface area (Å²) >= 11 is 0. The van der Waals surface area contributed by atoms with E-state index in [0.29, 0.717) is 0 Å². The first-order chi connectivity index (χ1) is 9.31. The standard InChI is InChI=1S/C14H21N5/c1-12-4-5-14-16-13(17-19(14)11-12)3-2-8-18-9-6-15-7-10-18/h4-5,11,15H,2-3,6-10H2,1H3. The lowest BCUT2D eigenvalue weighted by Crippen LogP contribution is -2.43. The van der Waals surface area contributed by atoms with E-state index in [2.05, 4.69) is 33.3 Å². The van der Waals surface area contributed by atoms with E-state index in [1.807, 2.05) is 16.8 Å². The Morgan fingerprint density at radius 2 is 2.11 bits per heavy atom. The fourth-order valence-corrected chi connectivity index (χ4v) is 2.53. The Kier molecular flexibility index (Phi) is 3.75. The molecule has 19 heavy (non-hydrogen) atoms. The highest BCUT2D eigenvalue weighted by Gasteiger charge is 2.09. The Morgan fingerprint density at radius 1 is 1.26 bits per heavy atom. The average Bonchev–Trinajstić information content (AvgIpc) is 2.82. The Balaban J connectivity index is 1.56. The zero-order valence-corrected chi connectivity index (χ0v) is 11.5. The lowest BCUT2D eigenvalue weighted by molar-refractivity contribution is 0.238. The fraction of sp³-hybridized carbons (Fsp3) is 0.571. The van der Waals surface area contributed by atoms with Crippen LogP contribution in [0.5, 0.6) is 0 Å². The second-order valence-electron chi connectivity index (χ2n) is 5.23. The molecule has 102 valence electrons. The van der Waals surface area contributed by atoms with Gasteiger partial charge in [-0.2, -0.15) is 5.10 Å². The molecule has 1 saturated heterocycles. The third kappa shape index (κ3) is 3.11. The van der Waals surface area contributed by atoms with Crippen LogP contribution < -0.4 is 5.32 Å². The first-order valence-electron chi connectivity index (χ1n) is 7.06. The van der Waals surface area contributed by atoms with E-state index in [1.54, 1.807) is 0 Å². The highest BCUT2D eigenvalue weighted by atomic mass is 15.3. The van der Waals surface area contributed by atoms with Crippen molar-refractivity contribution in [3.05, 3.63) is 29.7 Å². The van der Waals surface area contributed by atoms with Crippen molar-refractivity contribution in [2.45, 2.75) is 19.8 Å². The van der Waals surface area contributed by atoms with Gasteiger partial charge >= 0.3 is 0 Å². The number of hydrogen-bond acceptors (Lipinski definition) is 4. The summed E-state index contributed by atoms with van der Waals surface area (Å²) in [6.07, 6.45) is 4.13. The van der Waals surface area contributed by atoms with E-state index >= 15 is 0 Å². The summed E-state index contributed by atoms with van der Waals surface area (Å²) in [6, 6.07) is 4.11. The van der Waals surface area contributed by atoms with Crippen LogP contribution in [0.15, 0.2) is 18.3 Å². The van der Waals surface area contributed by atoms with E-state index in [0.717, 1.165) is 57.0 Å². The third-order valence-corrected chi connectivity index (χ3v) is 3.61. The zero-order chi connectivity index (χ0) is 13.1. The van der Waals surface area contributed by atoms with Gasteiger partial charge in [-0.05, 0) is 31.5 Å². The number of aryl methyl sites for hydroxylation is 2. The van der Waals surface area contributed by atoms with Crippen molar-refractivity contribution < 1.29 is 0 Å². The van der Waals surface area contributed by atoms with Gasteiger partial charge in [0.25, 0.3) is 0 Å². The lowest BCUT2D eigenvalue weighted by atomic mass is 10.2. The predicted molar refractivity (Wildman–Crippen MR) is 75.4 cm³/mol. The van der Waals surface area contributed by atoms with E-state index in [4.69, 9.17) is 0 Å². The highest BCUT2D eigenvalue weighted by molar-refractivity contribution is 5.38. The lowest BCUT2D eigenvalue weighted by Gasteiger charge is -2.26. The summed E-state index contributed by atoms with van der Waals surface area (Å²) < 4.78 is 1.88. The quantitative estimate of drug-likeness (QED) is 0.885. The minimum atomic E-state index is 0.947. The molecule has 0 saturated carbocycles. The number of piperazine rings is 1. The molecule has 0 aromatic carbocycles. The van der Waals surface area contributed by atoms with Gasteiger partial charge in [-0.15, -0.1) is 0 Å². The Bertz CT molecular complexity index is 542. The van der Waals surface area contributed by atoms with E-state index in [-0.39, 0.29) is 0 Å².